The summed E-state index contributed by atoms with van der Waals surface area (Å²) in [5.41, 5.74) is 4.98. The molecule has 0 aromatic carbocycles. The lowest BCUT2D eigenvalue weighted by molar-refractivity contribution is 0.348. The predicted octanol–water partition coefficient (Wildman–Crippen LogP) is -1.46. The van der Waals surface area contributed by atoms with Crippen LogP contribution in [0.1, 0.15) is 0 Å². The molecule has 0 saturated carbocycles. The van der Waals surface area contributed by atoms with E-state index < -0.39 is 5.94 Å². The van der Waals surface area contributed by atoms with Gasteiger partial charge < -0.3 is 10.4 Å². The lowest BCUT2D eigenvalue weighted by Crippen LogP contribution is -2.25. The maximum atomic E-state index is 4.98. The topological polar surface area (TPSA) is 35.2 Å². The van der Waals surface area contributed by atoms with Gasteiger partial charge >= 0.3 is 0 Å². The van der Waals surface area contributed by atoms with Crippen molar-refractivity contribution in [2.24, 2.45) is 5.73 Å². The first kappa shape index (κ1) is 6.05. The summed E-state index contributed by atoms with van der Waals surface area (Å²) in [5.74, 6) is -0.449. The predicted molar refractivity (Wildman–Crippen MR) is 25.4 cm³/mol. The third-order valence-corrected chi connectivity index (χ3v) is 0.289. The second kappa shape index (κ2) is 3.25. The molecule has 0 rings (SSSR count). The van der Waals surface area contributed by atoms with Crippen molar-refractivity contribution in [2.75, 3.05) is 6.61 Å². The Kier molecular flexibility index (Phi) is 3.27. The fraction of sp³-hybridized carbons (Fsp3) is 1.00. The van der Waals surface area contributed by atoms with Gasteiger partial charge in [0.2, 0.25) is 0 Å². The molecule has 0 saturated heterocycles. The maximum absolute atomic E-state index is 4.98. The fourth-order valence-electron chi connectivity index (χ4n) is 0.111. The van der Waals surface area contributed by atoms with Crippen LogP contribution in [0.3, 0.4) is 0 Å². The lowest BCUT2D eigenvalue weighted by Gasteiger charge is -1.99. The van der Waals surface area contributed by atoms with E-state index >= 15 is 0 Å². The zero-order valence-corrected chi connectivity index (χ0v) is 3.42. The van der Waals surface area contributed by atoms with Crippen molar-refractivity contribution in [3.8, 4) is 0 Å². The van der Waals surface area contributed by atoms with Crippen molar-refractivity contribution >= 4 is 15.9 Å². The number of nitrogens with two attached hydrogens (primary N) is 1. The van der Waals surface area contributed by atoms with Gasteiger partial charge in [-0.1, -0.05) is 0 Å². The van der Waals surface area contributed by atoms with Crippen LogP contribution in [0, 0.1) is 0 Å². The van der Waals surface area contributed by atoms with Crippen LogP contribution in [0.2, 0.25) is 0 Å². The minimum Gasteiger partial charge on any atom is -0.447 e. The molecule has 4 radical (unpaired) electrons. The molecule has 0 amide bonds. The second-order valence-corrected chi connectivity index (χ2v) is 0.997. The molecule has 6 heavy (non-hydrogen) atoms. The minimum absolute atomic E-state index is 0.208. The molecule has 0 aromatic rings. The number of hydrogen-bond donors (Lipinski definition) is 1. The third kappa shape index (κ3) is 4.05. The molecule has 0 bridgehead atoms. The summed E-state index contributed by atoms with van der Waals surface area (Å²) in [6, 6.07) is 0. The summed E-state index contributed by atoms with van der Waals surface area (Å²) >= 11 is 0. The van der Waals surface area contributed by atoms with E-state index in [9.17, 15) is 0 Å². The van der Waals surface area contributed by atoms with Crippen molar-refractivity contribution in [1.82, 2.24) is 0 Å². The summed E-state index contributed by atoms with van der Waals surface area (Å²) in [4.78, 5) is 0. The molecule has 0 fully saturated rings. The molecule has 0 heterocycles. The molecule has 0 spiro atoms. The Hall–Kier alpha value is 0.0499. The van der Waals surface area contributed by atoms with Gasteiger partial charge in [-0.2, -0.15) is 0 Å². The number of hydrogen-bond acceptors (Lipinski definition) is 2. The van der Waals surface area contributed by atoms with Gasteiger partial charge in [0.05, 0.1) is 7.85 Å². The molecular weight excluding hydrogens is 75.7 g/mol. The molecule has 0 aliphatic rings. The van der Waals surface area contributed by atoms with E-state index in [1.807, 2.05) is 0 Å². The van der Waals surface area contributed by atoms with Gasteiger partial charge in [-0.15, -0.1) is 0 Å². The van der Waals surface area contributed by atoms with Gasteiger partial charge in [-0.25, -0.2) is 0 Å². The fourth-order valence-corrected chi connectivity index (χ4v) is 0.111. The van der Waals surface area contributed by atoms with Gasteiger partial charge in [0.25, 0.3) is 8.05 Å². The summed E-state index contributed by atoms with van der Waals surface area (Å²) in [7, 11) is 9.55. The molecule has 2 N–H and O–H groups in total. The first-order valence-electron chi connectivity index (χ1n) is 1.60. The molecular formula is C2H5B2NO. The Morgan fingerprint density at radius 1 is 1.83 bits per heavy atom. The lowest BCUT2D eigenvalue weighted by atomic mass is 9.99. The molecule has 30 valence electrons. The summed E-state index contributed by atoms with van der Waals surface area (Å²) in [6.07, 6.45) is 0. The first-order valence-corrected chi connectivity index (χ1v) is 1.60. The molecule has 4 heteroatoms. The molecule has 1 unspecified atom stereocenters. The van der Waals surface area contributed by atoms with E-state index in [1.54, 1.807) is 0 Å². The van der Waals surface area contributed by atoms with E-state index in [0.717, 1.165) is 0 Å². The monoisotopic (exact) mass is 81.1 g/mol. The van der Waals surface area contributed by atoms with Gasteiger partial charge in [0.15, 0.2) is 0 Å². The first-order chi connectivity index (χ1) is 2.77. The molecule has 0 aliphatic carbocycles. The normalized spacial score (nSPS) is 14.2. The summed E-state index contributed by atoms with van der Waals surface area (Å²) < 4.78 is 4.05. The van der Waals surface area contributed by atoms with Crippen molar-refractivity contribution in [3.63, 3.8) is 0 Å². The molecule has 2 nitrogen and oxygen atoms in total. The minimum atomic E-state index is -0.449. The average molecular weight is 80.7 g/mol. The van der Waals surface area contributed by atoms with E-state index in [2.05, 4.69) is 12.7 Å². The van der Waals surface area contributed by atoms with E-state index in [-0.39, 0.29) is 6.61 Å². The van der Waals surface area contributed by atoms with Crippen LogP contribution < -0.4 is 5.73 Å². The van der Waals surface area contributed by atoms with Gasteiger partial charge in [-0.05, 0) is 5.94 Å². The van der Waals surface area contributed by atoms with Gasteiger partial charge in [0.1, 0.15) is 0 Å². The highest BCUT2D eigenvalue weighted by molar-refractivity contribution is 6.11. The Balaban J connectivity index is 2.63. The Morgan fingerprint density at radius 2 is 2.33 bits per heavy atom. The van der Waals surface area contributed by atoms with Crippen LogP contribution in [0.25, 0.3) is 0 Å². The second-order valence-electron chi connectivity index (χ2n) is 0.997. The van der Waals surface area contributed by atoms with Gasteiger partial charge in [0, 0.05) is 6.61 Å². The highest BCUT2D eigenvalue weighted by Crippen LogP contribution is 1.64. The van der Waals surface area contributed by atoms with Crippen LogP contribution in [0.5, 0.6) is 0 Å². The van der Waals surface area contributed by atoms with Crippen molar-refractivity contribution < 1.29 is 4.65 Å². The van der Waals surface area contributed by atoms with Crippen molar-refractivity contribution in [1.29, 1.82) is 0 Å². The zero-order chi connectivity index (χ0) is 4.99. The molecule has 1 atom stereocenters. The zero-order valence-electron chi connectivity index (χ0n) is 3.42. The van der Waals surface area contributed by atoms with Crippen LogP contribution in [-0.2, 0) is 4.65 Å². The maximum Gasteiger partial charge on any atom is 0.282 e. The van der Waals surface area contributed by atoms with Crippen LogP contribution in [0.15, 0.2) is 0 Å². The summed E-state index contributed by atoms with van der Waals surface area (Å²) in [6.45, 7) is 0.208. The van der Waals surface area contributed by atoms with E-state index in [1.165, 1.54) is 0 Å². The standard InChI is InChI=1S/C2H5B2NO/c3-2(5)1-6-4/h2H,1,5H2. The Labute approximate surface area is 39.9 Å². The highest BCUT2D eigenvalue weighted by atomic mass is 16.4. The SMILES string of the molecule is [B]OCC([B])N. The Bertz CT molecular complexity index is 32.7. The highest BCUT2D eigenvalue weighted by Gasteiger charge is 1.85. The average Bonchev–Trinajstić information content (AvgIpc) is 1.35. The number of rotatable bonds is 2. The van der Waals surface area contributed by atoms with Crippen molar-refractivity contribution in [3.05, 3.63) is 0 Å². The van der Waals surface area contributed by atoms with Crippen molar-refractivity contribution in [2.45, 2.75) is 5.94 Å². The smallest absolute Gasteiger partial charge is 0.282 e. The molecule has 0 aliphatic heterocycles. The third-order valence-electron chi connectivity index (χ3n) is 0.289. The van der Waals surface area contributed by atoms with E-state index in [4.69, 9.17) is 13.6 Å². The van der Waals surface area contributed by atoms with E-state index in [0.29, 0.717) is 0 Å². The van der Waals surface area contributed by atoms with Crippen LogP contribution in [-0.4, -0.2) is 28.4 Å². The van der Waals surface area contributed by atoms with Crippen LogP contribution in [0.4, 0.5) is 0 Å². The largest absolute Gasteiger partial charge is 0.447 e. The summed E-state index contributed by atoms with van der Waals surface area (Å²) in [5, 5.41) is 0. The van der Waals surface area contributed by atoms with Gasteiger partial charge in [-0.3, -0.25) is 0 Å². The Morgan fingerprint density at radius 3 is 2.33 bits per heavy atom. The quantitative estimate of drug-likeness (QED) is 0.412. The van der Waals surface area contributed by atoms with Crippen LogP contribution >= 0.6 is 0 Å². The molecule has 0 aromatic heterocycles.